The van der Waals surface area contributed by atoms with E-state index >= 15 is 0 Å². The summed E-state index contributed by atoms with van der Waals surface area (Å²) in [4.78, 5) is 0. The summed E-state index contributed by atoms with van der Waals surface area (Å²) in [6, 6.07) is 0. The van der Waals surface area contributed by atoms with Crippen LogP contribution in [-0.4, -0.2) is 20.8 Å². The van der Waals surface area contributed by atoms with Crippen molar-refractivity contribution in [3.05, 3.63) is 0 Å². The molecule has 0 unspecified atom stereocenters. The van der Waals surface area contributed by atoms with Crippen LogP contribution >= 0.6 is 0 Å². The van der Waals surface area contributed by atoms with E-state index in [2.05, 4.69) is 55.4 Å². The molecule has 2 nitrogen and oxygen atoms in total. The smallest absolute Gasteiger partial charge is 0.343 e. The van der Waals surface area contributed by atoms with Gasteiger partial charge in [-0.1, -0.05) is 27.7 Å². The van der Waals surface area contributed by atoms with Crippen LogP contribution in [0.25, 0.3) is 0 Å². The van der Waals surface area contributed by atoms with E-state index in [1.54, 1.807) is 0 Å². The van der Waals surface area contributed by atoms with E-state index in [9.17, 15) is 0 Å². The van der Waals surface area contributed by atoms with Crippen molar-refractivity contribution in [3.8, 4) is 0 Å². The first kappa shape index (κ1) is 15.1. The monoisotopic (exact) mass is 232 g/mol. The Morgan fingerprint density at radius 2 is 0.867 bits per heavy atom. The summed E-state index contributed by atoms with van der Waals surface area (Å²) in [5.41, 5.74) is 0.976. The molecule has 0 saturated heterocycles. The van der Waals surface area contributed by atoms with Crippen LogP contribution in [0.4, 0.5) is 0 Å². The van der Waals surface area contributed by atoms with Crippen LogP contribution in [0.5, 0.6) is 0 Å². The van der Waals surface area contributed by atoms with Gasteiger partial charge in [-0.25, -0.2) is 0 Å². The maximum atomic E-state index is 6.19. The Morgan fingerprint density at radius 3 is 1.00 bits per heavy atom. The third-order valence-electron chi connectivity index (χ3n) is 2.45. The zero-order valence-corrected chi connectivity index (χ0v) is 12.6. The first-order valence-corrected chi connectivity index (χ1v) is 8.05. The molecule has 3 heteroatoms. The molecule has 0 bridgehead atoms. The van der Waals surface area contributed by atoms with E-state index in [1.807, 2.05) is 0 Å². The highest BCUT2D eigenvalue weighted by molar-refractivity contribution is 6.70. The molecule has 0 aromatic heterocycles. The highest BCUT2D eigenvalue weighted by Crippen LogP contribution is 2.36. The Hall–Kier alpha value is 0.137. The van der Waals surface area contributed by atoms with Crippen LogP contribution in [0.3, 0.4) is 0 Å². The molecule has 0 spiro atoms. The average molecular weight is 232 g/mol. The van der Waals surface area contributed by atoms with Crippen LogP contribution in [0.15, 0.2) is 0 Å². The standard InChI is InChI=1S/C12H28O2Si/c1-9(2)13-15(11(5)6,12(7)8)14-10(3)4/h9-12H,1-8H3. The molecule has 0 saturated carbocycles. The third-order valence-corrected chi connectivity index (χ3v) is 7.35. The van der Waals surface area contributed by atoms with E-state index in [0.717, 1.165) is 0 Å². The summed E-state index contributed by atoms with van der Waals surface area (Å²) in [6.45, 7) is 17.3. The molecular weight excluding hydrogens is 204 g/mol. The Morgan fingerprint density at radius 1 is 0.600 bits per heavy atom. The molecule has 0 N–H and O–H groups in total. The molecule has 0 aliphatic rings. The van der Waals surface area contributed by atoms with Gasteiger partial charge < -0.3 is 8.85 Å². The highest BCUT2D eigenvalue weighted by atomic mass is 28.4. The highest BCUT2D eigenvalue weighted by Gasteiger charge is 2.46. The summed E-state index contributed by atoms with van der Waals surface area (Å²) < 4.78 is 12.4. The molecule has 0 aliphatic carbocycles. The van der Waals surface area contributed by atoms with E-state index in [4.69, 9.17) is 8.85 Å². The fraction of sp³-hybridized carbons (Fsp3) is 1.00. The van der Waals surface area contributed by atoms with Crippen molar-refractivity contribution in [2.45, 2.75) is 78.7 Å². The van der Waals surface area contributed by atoms with Crippen LogP contribution in [0, 0.1) is 0 Å². The Balaban J connectivity index is 4.90. The number of hydrogen-bond acceptors (Lipinski definition) is 2. The molecule has 0 fully saturated rings. The molecular formula is C12H28O2Si. The van der Waals surface area contributed by atoms with Gasteiger partial charge in [-0.3, -0.25) is 0 Å². The second-order valence-corrected chi connectivity index (χ2v) is 9.59. The van der Waals surface area contributed by atoms with Gasteiger partial charge in [-0.05, 0) is 38.8 Å². The van der Waals surface area contributed by atoms with Gasteiger partial charge in [0.05, 0.1) is 0 Å². The normalized spacial score (nSPS) is 13.6. The van der Waals surface area contributed by atoms with Gasteiger partial charge in [0, 0.05) is 12.2 Å². The van der Waals surface area contributed by atoms with Crippen molar-refractivity contribution in [2.24, 2.45) is 0 Å². The van der Waals surface area contributed by atoms with Gasteiger partial charge >= 0.3 is 8.56 Å². The molecule has 0 aromatic rings. The fourth-order valence-electron chi connectivity index (χ4n) is 1.98. The predicted octanol–water partition coefficient (Wildman–Crippen LogP) is 4.10. The lowest BCUT2D eigenvalue weighted by atomic mass is 10.5. The van der Waals surface area contributed by atoms with E-state index in [0.29, 0.717) is 11.1 Å². The van der Waals surface area contributed by atoms with Crippen molar-refractivity contribution in [1.82, 2.24) is 0 Å². The molecule has 0 aromatic carbocycles. The number of rotatable bonds is 6. The van der Waals surface area contributed by atoms with Crippen LogP contribution in [-0.2, 0) is 8.85 Å². The van der Waals surface area contributed by atoms with Gasteiger partial charge in [0.2, 0.25) is 0 Å². The van der Waals surface area contributed by atoms with Gasteiger partial charge in [0.1, 0.15) is 0 Å². The quantitative estimate of drug-likeness (QED) is 0.642. The molecule has 0 amide bonds. The lowest BCUT2D eigenvalue weighted by Gasteiger charge is -2.40. The van der Waals surface area contributed by atoms with Crippen molar-refractivity contribution in [1.29, 1.82) is 0 Å². The second kappa shape index (κ2) is 6.02. The molecule has 0 radical (unpaired) electrons. The summed E-state index contributed by atoms with van der Waals surface area (Å²) in [5, 5.41) is 0. The largest absolute Gasteiger partial charge is 0.391 e. The lowest BCUT2D eigenvalue weighted by Crippen LogP contribution is -2.51. The zero-order valence-electron chi connectivity index (χ0n) is 11.6. The molecule has 15 heavy (non-hydrogen) atoms. The molecule has 92 valence electrons. The first-order valence-electron chi connectivity index (χ1n) is 6.08. The lowest BCUT2D eigenvalue weighted by molar-refractivity contribution is 0.0929. The summed E-state index contributed by atoms with van der Waals surface area (Å²) in [6.07, 6.45) is 0.500. The van der Waals surface area contributed by atoms with Crippen molar-refractivity contribution in [3.63, 3.8) is 0 Å². The fourth-order valence-corrected chi connectivity index (χ4v) is 5.93. The Bertz CT molecular complexity index is 156. The zero-order chi connectivity index (χ0) is 12.2. The first-order chi connectivity index (χ1) is 6.72. The summed E-state index contributed by atoms with van der Waals surface area (Å²) in [5.74, 6) is 0. The maximum Gasteiger partial charge on any atom is 0.343 e. The van der Waals surface area contributed by atoms with Crippen molar-refractivity contribution < 1.29 is 8.85 Å². The minimum absolute atomic E-state index is 0.250. The molecule has 0 aliphatic heterocycles. The van der Waals surface area contributed by atoms with Crippen LogP contribution < -0.4 is 0 Å². The van der Waals surface area contributed by atoms with Crippen molar-refractivity contribution in [2.75, 3.05) is 0 Å². The number of hydrogen-bond donors (Lipinski definition) is 0. The predicted molar refractivity (Wildman–Crippen MR) is 68.4 cm³/mol. The Labute approximate surface area is 96.6 Å². The van der Waals surface area contributed by atoms with Gasteiger partial charge in [0.25, 0.3) is 0 Å². The Kier molecular flexibility index (Phi) is 6.07. The molecule has 0 heterocycles. The molecule has 0 atom stereocenters. The summed E-state index contributed by atoms with van der Waals surface area (Å²) >= 11 is 0. The second-order valence-electron chi connectivity index (χ2n) is 5.36. The van der Waals surface area contributed by atoms with E-state index in [1.165, 1.54) is 0 Å². The minimum Gasteiger partial charge on any atom is -0.391 e. The molecule has 0 rings (SSSR count). The van der Waals surface area contributed by atoms with Crippen molar-refractivity contribution >= 4 is 8.56 Å². The summed E-state index contributed by atoms with van der Waals surface area (Å²) in [7, 11) is -2.08. The third kappa shape index (κ3) is 4.25. The van der Waals surface area contributed by atoms with Gasteiger partial charge in [-0.2, -0.15) is 0 Å². The van der Waals surface area contributed by atoms with E-state index in [-0.39, 0.29) is 12.2 Å². The van der Waals surface area contributed by atoms with Crippen LogP contribution in [0.1, 0.15) is 55.4 Å². The SMILES string of the molecule is CC(C)O[Si](OC(C)C)(C(C)C)C(C)C. The van der Waals surface area contributed by atoms with Crippen LogP contribution in [0.2, 0.25) is 11.1 Å². The topological polar surface area (TPSA) is 18.5 Å². The van der Waals surface area contributed by atoms with Gasteiger partial charge in [0.15, 0.2) is 0 Å². The van der Waals surface area contributed by atoms with Gasteiger partial charge in [-0.15, -0.1) is 0 Å². The minimum atomic E-state index is -2.08. The maximum absolute atomic E-state index is 6.19. The average Bonchev–Trinajstić information content (AvgIpc) is 1.99. The van der Waals surface area contributed by atoms with E-state index < -0.39 is 8.56 Å².